The summed E-state index contributed by atoms with van der Waals surface area (Å²) in [6, 6.07) is 67.8. The van der Waals surface area contributed by atoms with E-state index in [1.165, 1.54) is 48.7 Å². The van der Waals surface area contributed by atoms with Gasteiger partial charge in [0, 0.05) is 60.4 Å². The van der Waals surface area contributed by atoms with Crippen molar-refractivity contribution in [2.75, 3.05) is 4.90 Å². The first-order chi connectivity index (χ1) is 29.7. The lowest BCUT2D eigenvalue weighted by Crippen LogP contribution is -2.15. The highest BCUT2D eigenvalue weighted by atomic mass is 32.1. The fraction of sp³-hybridized carbons (Fsp3) is 0. The minimum Gasteiger partial charge on any atom is -0.309 e. The van der Waals surface area contributed by atoms with Crippen LogP contribution < -0.4 is 4.90 Å². The predicted molar refractivity (Wildman–Crippen MR) is 253 cm³/mol. The first-order valence-corrected chi connectivity index (χ1v) is 21.1. The number of para-hydroxylation sites is 1. The average Bonchev–Trinajstić information content (AvgIpc) is 3.70. The van der Waals surface area contributed by atoms with Gasteiger partial charge in [-0.2, -0.15) is 0 Å². The fourth-order valence-corrected chi connectivity index (χ4v) is 10.6. The molecule has 1 aliphatic heterocycles. The number of hydrogen-bond donors (Lipinski definition) is 0. The summed E-state index contributed by atoms with van der Waals surface area (Å²) in [6.45, 7) is 0. The molecule has 0 aliphatic carbocycles. The highest BCUT2D eigenvalue weighted by Gasteiger charge is 2.28. The second-order valence-corrected chi connectivity index (χ2v) is 16.6. The number of aromatic nitrogens is 3. The number of hydrogen-bond acceptors (Lipinski definition) is 5. The molecular weight excluding hydrogens is 749 g/mol. The zero-order chi connectivity index (χ0) is 39.3. The molecule has 3 aromatic heterocycles. The molecule has 0 unspecified atom stereocenters. The molecular formula is C55H32N4S. The Hall–Kier alpha value is -7.73. The van der Waals surface area contributed by atoms with Crippen LogP contribution in [0.15, 0.2) is 194 Å². The Bertz CT molecular complexity index is 3730. The summed E-state index contributed by atoms with van der Waals surface area (Å²) in [6.07, 6.45) is 1.86. The molecule has 0 bridgehead atoms. The number of thiophene rings is 1. The SMILES string of the molecule is c1cc(-c2nc(-c3ccc(-c4cccc5cccnc45)cc3)c3sc4ccccc4c3n2)c2cc(N3c4c(ccc5ccccc45)-c4cccc5cccc3c45)ccc2c1. The van der Waals surface area contributed by atoms with E-state index in [0.29, 0.717) is 5.82 Å². The maximum atomic E-state index is 5.49. The molecule has 0 amide bonds. The highest BCUT2D eigenvalue weighted by molar-refractivity contribution is 7.26. The van der Waals surface area contributed by atoms with Crippen LogP contribution in [0.25, 0.3) is 108 Å². The van der Waals surface area contributed by atoms with Gasteiger partial charge in [-0.3, -0.25) is 4.98 Å². The van der Waals surface area contributed by atoms with E-state index in [9.17, 15) is 0 Å². The summed E-state index contributed by atoms with van der Waals surface area (Å²) in [5, 5.41) is 9.45. The summed E-state index contributed by atoms with van der Waals surface area (Å²) in [4.78, 5) is 18.1. The molecule has 9 aromatic carbocycles. The Kier molecular flexibility index (Phi) is 7.14. The third-order valence-corrected chi connectivity index (χ3v) is 13.4. The van der Waals surface area contributed by atoms with Crippen molar-refractivity contribution in [2.45, 2.75) is 0 Å². The summed E-state index contributed by atoms with van der Waals surface area (Å²) in [7, 11) is 0. The predicted octanol–water partition coefficient (Wildman–Crippen LogP) is 15.3. The van der Waals surface area contributed by atoms with E-state index in [1.807, 2.05) is 12.3 Å². The minimum atomic E-state index is 0.711. The average molecular weight is 781 g/mol. The summed E-state index contributed by atoms with van der Waals surface area (Å²) in [5.74, 6) is 0.711. The van der Waals surface area contributed by atoms with Crippen molar-refractivity contribution in [1.82, 2.24) is 15.0 Å². The Balaban J connectivity index is 1.02. The smallest absolute Gasteiger partial charge is 0.161 e. The lowest BCUT2D eigenvalue weighted by molar-refractivity contribution is 1.24. The maximum Gasteiger partial charge on any atom is 0.161 e. The van der Waals surface area contributed by atoms with Crippen molar-refractivity contribution in [3.8, 4) is 44.9 Å². The number of benzene rings is 9. The summed E-state index contributed by atoms with van der Waals surface area (Å²) in [5.41, 5.74) is 13.2. The van der Waals surface area contributed by atoms with Crippen molar-refractivity contribution < 1.29 is 0 Å². The molecule has 0 spiro atoms. The van der Waals surface area contributed by atoms with Crippen LogP contribution in [0.1, 0.15) is 0 Å². The number of fused-ring (bicyclic) bond motifs is 9. The Morgan fingerprint density at radius 1 is 0.433 bits per heavy atom. The van der Waals surface area contributed by atoms with Crippen molar-refractivity contribution in [3.05, 3.63) is 194 Å². The molecule has 0 saturated heterocycles. The standard InChI is InChI=1S/C55H32N4S/c1-2-16-41-33(10-1)28-30-43-42-19-6-12-36-13-8-21-47(49(36)42)59(53(41)43)39-29-27-34-11-5-20-44(46(34)32-39)55-57-51(54-52(58-55)45-17-3-4-22-48(45)60-54)38-25-23-35(24-26-38)40-18-7-14-37-15-9-31-56-50(37)40/h1-32H. The first-order valence-electron chi connectivity index (χ1n) is 20.3. The van der Waals surface area contributed by atoms with E-state index in [-0.39, 0.29) is 0 Å². The Morgan fingerprint density at radius 2 is 1.12 bits per heavy atom. The Morgan fingerprint density at radius 3 is 2.02 bits per heavy atom. The number of nitrogens with zero attached hydrogens (tertiary/aromatic N) is 4. The van der Waals surface area contributed by atoms with Crippen LogP contribution in [0, 0.1) is 0 Å². The summed E-state index contributed by atoms with van der Waals surface area (Å²) >= 11 is 1.76. The first kappa shape index (κ1) is 33.3. The minimum absolute atomic E-state index is 0.711. The van der Waals surface area contributed by atoms with Crippen LogP contribution in [0.4, 0.5) is 17.1 Å². The third kappa shape index (κ3) is 4.93. The molecule has 1 aliphatic rings. The van der Waals surface area contributed by atoms with Gasteiger partial charge in [-0.15, -0.1) is 11.3 Å². The maximum absolute atomic E-state index is 5.49. The van der Waals surface area contributed by atoms with Gasteiger partial charge < -0.3 is 4.90 Å². The quantitative estimate of drug-likeness (QED) is 0.178. The van der Waals surface area contributed by atoms with Crippen LogP contribution >= 0.6 is 11.3 Å². The van der Waals surface area contributed by atoms with Gasteiger partial charge in [0.2, 0.25) is 0 Å². The van der Waals surface area contributed by atoms with Crippen molar-refractivity contribution in [3.63, 3.8) is 0 Å². The lowest BCUT2D eigenvalue weighted by atomic mass is 9.88. The highest BCUT2D eigenvalue weighted by Crippen LogP contribution is 2.54. The zero-order valence-corrected chi connectivity index (χ0v) is 33.0. The summed E-state index contributed by atoms with van der Waals surface area (Å²) < 4.78 is 2.29. The second-order valence-electron chi connectivity index (χ2n) is 15.5. The van der Waals surface area contributed by atoms with Gasteiger partial charge in [-0.25, -0.2) is 9.97 Å². The third-order valence-electron chi connectivity index (χ3n) is 12.2. The van der Waals surface area contributed by atoms with E-state index >= 15 is 0 Å². The molecule has 60 heavy (non-hydrogen) atoms. The van der Waals surface area contributed by atoms with Gasteiger partial charge in [0.05, 0.1) is 32.8 Å². The number of pyridine rings is 1. The van der Waals surface area contributed by atoms with Crippen molar-refractivity contribution in [1.29, 1.82) is 0 Å². The molecule has 278 valence electrons. The number of anilines is 3. The van der Waals surface area contributed by atoms with Crippen molar-refractivity contribution >= 4 is 91.9 Å². The second kappa shape index (κ2) is 12.9. The largest absolute Gasteiger partial charge is 0.309 e. The number of rotatable bonds is 4. The fourth-order valence-electron chi connectivity index (χ4n) is 9.48. The topological polar surface area (TPSA) is 41.9 Å². The van der Waals surface area contributed by atoms with E-state index < -0.39 is 0 Å². The molecule has 0 fully saturated rings. The van der Waals surface area contributed by atoms with Crippen LogP contribution in [0.2, 0.25) is 0 Å². The van der Waals surface area contributed by atoms with E-state index in [2.05, 4.69) is 187 Å². The molecule has 0 N–H and O–H groups in total. The van der Waals surface area contributed by atoms with Gasteiger partial charge in [0.15, 0.2) is 5.82 Å². The molecule has 0 saturated carbocycles. The molecule has 12 aromatic rings. The molecule has 4 heterocycles. The van der Waals surface area contributed by atoms with Crippen LogP contribution in [-0.4, -0.2) is 15.0 Å². The van der Waals surface area contributed by atoms with Crippen LogP contribution in [0.3, 0.4) is 0 Å². The molecule has 0 atom stereocenters. The Labute approximate surface area is 349 Å². The van der Waals surface area contributed by atoms with Crippen LogP contribution in [0.5, 0.6) is 0 Å². The van der Waals surface area contributed by atoms with E-state index in [4.69, 9.17) is 15.0 Å². The van der Waals surface area contributed by atoms with Gasteiger partial charge >= 0.3 is 0 Å². The van der Waals surface area contributed by atoms with Crippen LogP contribution in [-0.2, 0) is 0 Å². The van der Waals surface area contributed by atoms with Crippen molar-refractivity contribution in [2.24, 2.45) is 0 Å². The lowest BCUT2D eigenvalue weighted by Gasteiger charge is -2.34. The van der Waals surface area contributed by atoms with Gasteiger partial charge in [0.1, 0.15) is 0 Å². The van der Waals surface area contributed by atoms with E-state index in [0.717, 1.165) is 70.9 Å². The normalized spacial score (nSPS) is 12.3. The monoisotopic (exact) mass is 780 g/mol. The van der Waals surface area contributed by atoms with Gasteiger partial charge in [0.25, 0.3) is 0 Å². The molecule has 5 heteroatoms. The van der Waals surface area contributed by atoms with E-state index in [1.54, 1.807) is 11.3 Å². The molecule has 0 radical (unpaired) electrons. The molecule has 13 rings (SSSR count). The zero-order valence-electron chi connectivity index (χ0n) is 32.2. The molecule has 4 nitrogen and oxygen atoms in total. The van der Waals surface area contributed by atoms with Gasteiger partial charge in [-0.1, -0.05) is 158 Å². The van der Waals surface area contributed by atoms with Gasteiger partial charge in [-0.05, 0) is 63.0 Å².